The van der Waals surface area contributed by atoms with Crippen LogP contribution < -0.4 is 0 Å². The monoisotopic (exact) mass is 440 g/mol. The minimum atomic E-state index is 0. The topological polar surface area (TPSA) is 25.8 Å². The highest BCUT2D eigenvalue weighted by Gasteiger charge is 2.17. The number of pyridine rings is 2. The fourth-order valence-electron chi connectivity index (χ4n) is 4.69. The van der Waals surface area contributed by atoms with Crippen LogP contribution in [0.2, 0.25) is 0 Å². The molecule has 0 N–H and O–H groups in total. The van der Waals surface area contributed by atoms with E-state index in [0.717, 1.165) is 44.3 Å². The molecule has 0 saturated carbocycles. The van der Waals surface area contributed by atoms with Crippen molar-refractivity contribution in [2.24, 2.45) is 0 Å². The van der Waals surface area contributed by atoms with Gasteiger partial charge in [-0.1, -0.05) is 84.9 Å². The third-order valence-corrected chi connectivity index (χ3v) is 6.21. The molecular weight excluding hydrogens is 415 g/mol. The van der Waals surface area contributed by atoms with Crippen LogP contribution in [0.15, 0.2) is 97.1 Å². The molecule has 0 bridgehead atoms. The summed E-state index contributed by atoms with van der Waals surface area (Å²) in [4.78, 5) is 9.88. The van der Waals surface area contributed by atoms with Gasteiger partial charge in [-0.05, 0) is 47.9 Å². The van der Waals surface area contributed by atoms with Gasteiger partial charge in [0.1, 0.15) is 0 Å². The van der Waals surface area contributed by atoms with Gasteiger partial charge in [0.25, 0.3) is 0 Å². The summed E-state index contributed by atoms with van der Waals surface area (Å²) in [6.07, 6.45) is 0. The molecule has 4 aromatic carbocycles. The van der Waals surface area contributed by atoms with Crippen molar-refractivity contribution < 1.29 is 0 Å². The van der Waals surface area contributed by atoms with E-state index in [9.17, 15) is 0 Å². The fraction of sp³-hybridized carbons (Fsp3) is 0.0667. The Hall–Kier alpha value is -3.51. The SMILES string of the molecule is Cc1ccc2cccc(-c3ccc4ccccc4c3-c3cccc4ccc(C)nc34)c2n1.[AlH3]. The summed E-state index contributed by atoms with van der Waals surface area (Å²) in [5.74, 6) is 0. The maximum absolute atomic E-state index is 4.95. The Morgan fingerprint density at radius 3 is 1.70 bits per heavy atom. The van der Waals surface area contributed by atoms with Gasteiger partial charge in [-0.25, -0.2) is 0 Å². The highest BCUT2D eigenvalue weighted by molar-refractivity contribution is 6.11. The number of benzene rings is 4. The van der Waals surface area contributed by atoms with Crippen LogP contribution >= 0.6 is 0 Å². The van der Waals surface area contributed by atoms with E-state index in [-0.39, 0.29) is 17.4 Å². The normalized spacial score (nSPS) is 11.1. The summed E-state index contributed by atoms with van der Waals surface area (Å²) in [6, 6.07) is 34.4. The minimum Gasteiger partial charge on any atom is -0.252 e. The minimum absolute atomic E-state index is 0. The lowest BCUT2D eigenvalue weighted by Crippen LogP contribution is -1.94. The van der Waals surface area contributed by atoms with Gasteiger partial charge >= 0.3 is 0 Å². The zero-order valence-corrected chi connectivity index (χ0v) is 18.1. The van der Waals surface area contributed by atoms with Gasteiger partial charge in [0.15, 0.2) is 17.4 Å². The van der Waals surface area contributed by atoms with E-state index in [1.165, 1.54) is 21.9 Å². The molecule has 2 aromatic heterocycles. The van der Waals surface area contributed by atoms with Gasteiger partial charge in [0.05, 0.1) is 11.0 Å². The lowest BCUT2D eigenvalue weighted by Gasteiger charge is -2.17. The Balaban J connectivity index is 0.00000228. The predicted octanol–water partition coefficient (Wildman–Crippen LogP) is 6.70. The molecule has 6 rings (SSSR count). The molecule has 2 heterocycles. The number of aromatic nitrogens is 2. The van der Waals surface area contributed by atoms with E-state index >= 15 is 0 Å². The molecule has 0 atom stereocenters. The second-order valence-corrected chi connectivity index (χ2v) is 8.37. The predicted molar refractivity (Wildman–Crippen MR) is 145 cm³/mol. The molecule has 0 unspecified atom stereocenters. The first-order valence-corrected chi connectivity index (χ1v) is 10.9. The Kier molecular flexibility index (Phi) is 5.46. The van der Waals surface area contributed by atoms with Crippen LogP contribution in [0, 0.1) is 13.8 Å². The molecule has 0 radical (unpaired) electrons. The Bertz CT molecular complexity index is 1650. The molecule has 0 spiro atoms. The molecule has 2 nitrogen and oxygen atoms in total. The molecule has 0 aliphatic carbocycles. The molecule has 6 aromatic rings. The number of aryl methyl sites for hydroxylation is 2. The van der Waals surface area contributed by atoms with Crippen molar-refractivity contribution in [1.29, 1.82) is 0 Å². The van der Waals surface area contributed by atoms with Crippen LogP contribution in [0.3, 0.4) is 0 Å². The van der Waals surface area contributed by atoms with E-state index in [4.69, 9.17) is 9.97 Å². The van der Waals surface area contributed by atoms with Gasteiger partial charge in [-0.15, -0.1) is 0 Å². The van der Waals surface area contributed by atoms with Gasteiger partial charge in [-0.2, -0.15) is 0 Å². The largest absolute Gasteiger partial charge is 0.252 e. The second-order valence-electron chi connectivity index (χ2n) is 8.37. The van der Waals surface area contributed by atoms with Crippen molar-refractivity contribution in [2.75, 3.05) is 0 Å². The quantitative estimate of drug-likeness (QED) is 0.280. The van der Waals surface area contributed by atoms with Crippen LogP contribution in [0.5, 0.6) is 0 Å². The Morgan fingerprint density at radius 2 is 1.00 bits per heavy atom. The first-order chi connectivity index (χ1) is 15.7. The van der Waals surface area contributed by atoms with E-state index in [1.54, 1.807) is 0 Å². The molecule has 0 amide bonds. The molecule has 0 fully saturated rings. The van der Waals surface area contributed by atoms with Crippen molar-refractivity contribution in [2.45, 2.75) is 13.8 Å². The van der Waals surface area contributed by atoms with Crippen LogP contribution in [0.4, 0.5) is 0 Å². The lowest BCUT2D eigenvalue weighted by molar-refractivity contribution is 1.25. The summed E-state index contributed by atoms with van der Waals surface area (Å²) in [7, 11) is 0. The first-order valence-electron chi connectivity index (χ1n) is 10.9. The van der Waals surface area contributed by atoms with E-state index in [0.29, 0.717) is 0 Å². The molecule has 0 aliphatic rings. The van der Waals surface area contributed by atoms with Crippen molar-refractivity contribution >= 4 is 49.9 Å². The van der Waals surface area contributed by atoms with Gasteiger partial charge < -0.3 is 0 Å². The first kappa shape index (κ1) is 21.3. The van der Waals surface area contributed by atoms with E-state index in [1.807, 2.05) is 0 Å². The third-order valence-electron chi connectivity index (χ3n) is 6.21. The summed E-state index contributed by atoms with van der Waals surface area (Å²) in [5.41, 5.74) is 8.82. The smallest absolute Gasteiger partial charge is 0.187 e. The number of hydrogen-bond donors (Lipinski definition) is 0. The van der Waals surface area contributed by atoms with Crippen molar-refractivity contribution in [3.63, 3.8) is 0 Å². The molecule has 33 heavy (non-hydrogen) atoms. The number of fused-ring (bicyclic) bond motifs is 3. The zero-order chi connectivity index (χ0) is 21.7. The zero-order valence-electron chi connectivity index (χ0n) is 18.1. The molecule has 3 heteroatoms. The molecular formula is C30H25AlN2. The van der Waals surface area contributed by atoms with E-state index in [2.05, 4.69) is 111 Å². The van der Waals surface area contributed by atoms with Crippen molar-refractivity contribution in [3.05, 3.63) is 108 Å². The maximum atomic E-state index is 4.95. The average molecular weight is 441 g/mol. The average Bonchev–Trinajstić information content (AvgIpc) is 2.82. The Labute approximate surface area is 204 Å². The summed E-state index contributed by atoms with van der Waals surface area (Å²) >= 11 is 0. The fourth-order valence-corrected chi connectivity index (χ4v) is 4.69. The molecule has 158 valence electrons. The summed E-state index contributed by atoms with van der Waals surface area (Å²) in [6.45, 7) is 4.10. The van der Waals surface area contributed by atoms with Gasteiger partial charge in [0, 0.05) is 33.3 Å². The summed E-state index contributed by atoms with van der Waals surface area (Å²) < 4.78 is 0. The highest BCUT2D eigenvalue weighted by atomic mass is 27.0. The highest BCUT2D eigenvalue weighted by Crippen LogP contribution is 2.42. The maximum Gasteiger partial charge on any atom is 0.187 e. The number of nitrogens with zero attached hydrogens (tertiary/aromatic N) is 2. The standard InChI is InChI=1S/C30H22N2.Al.3H/c1-19-13-15-22-8-5-11-26(29(22)31-19)25-18-17-21-7-3-4-10-24(21)28(25)27-12-6-9-23-16-14-20(2)32-30(23)27;;;;/h3-18H,1-2H3;;;;. The molecule has 0 aliphatic heterocycles. The van der Waals surface area contributed by atoms with Gasteiger partial charge in [-0.3, -0.25) is 9.97 Å². The van der Waals surface area contributed by atoms with Crippen LogP contribution in [-0.2, 0) is 0 Å². The number of rotatable bonds is 2. The van der Waals surface area contributed by atoms with Gasteiger partial charge in [0.2, 0.25) is 0 Å². The third kappa shape index (κ3) is 3.60. The van der Waals surface area contributed by atoms with Crippen LogP contribution in [0.25, 0.3) is 54.8 Å². The Morgan fingerprint density at radius 1 is 0.455 bits per heavy atom. The number of hydrogen-bond acceptors (Lipinski definition) is 2. The van der Waals surface area contributed by atoms with Crippen molar-refractivity contribution in [1.82, 2.24) is 9.97 Å². The van der Waals surface area contributed by atoms with Crippen LogP contribution in [0.1, 0.15) is 11.4 Å². The van der Waals surface area contributed by atoms with E-state index < -0.39 is 0 Å². The molecule has 0 saturated heterocycles. The second kappa shape index (κ2) is 8.45. The number of para-hydroxylation sites is 2. The summed E-state index contributed by atoms with van der Waals surface area (Å²) in [5, 5.41) is 4.75. The van der Waals surface area contributed by atoms with Crippen LogP contribution in [-0.4, -0.2) is 27.3 Å². The lowest BCUT2D eigenvalue weighted by atomic mass is 9.88. The van der Waals surface area contributed by atoms with Crippen molar-refractivity contribution in [3.8, 4) is 22.3 Å².